The van der Waals surface area contributed by atoms with Gasteiger partial charge in [-0.05, 0) is 54.8 Å². The number of benzene rings is 2. The maximum absolute atomic E-state index is 13.2. The van der Waals surface area contributed by atoms with E-state index in [1.807, 2.05) is 6.07 Å². The minimum Gasteiger partial charge on any atom is -0.454 e. The largest absolute Gasteiger partial charge is 0.454 e. The predicted octanol–water partition coefficient (Wildman–Crippen LogP) is 2.81. The third-order valence-corrected chi connectivity index (χ3v) is 5.27. The highest BCUT2D eigenvalue weighted by Crippen LogP contribution is 2.33. The quantitative estimate of drug-likeness (QED) is 0.623. The molecule has 0 radical (unpaired) electrons. The Morgan fingerprint density at radius 2 is 1.88 bits per heavy atom. The number of carbonyl (C=O) groups excluding carboxylic acids is 2. The Labute approximate surface area is 184 Å². The number of nitrogens with one attached hydrogen (secondary N) is 2. The van der Waals surface area contributed by atoms with Gasteiger partial charge in [-0.25, -0.2) is 0 Å². The molecule has 2 aromatic carbocycles. The fourth-order valence-corrected chi connectivity index (χ4v) is 3.52. The number of carbonyl (C=O) groups is 2. The van der Waals surface area contributed by atoms with Gasteiger partial charge in [0.25, 0.3) is 11.5 Å². The van der Waals surface area contributed by atoms with E-state index >= 15 is 0 Å². The Kier molecular flexibility index (Phi) is 5.93. The van der Waals surface area contributed by atoms with Gasteiger partial charge in [0.15, 0.2) is 11.5 Å². The molecule has 2 N–H and O–H groups in total. The fraction of sp³-hybridized carbons (Fsp3) is 0.208. The number of rotatable bonds is 6. The van der Waals surface area contributed by atoms with E-state index in [-0.39, 0.29) is 18.3 Å². The molecular weight excluding hydrogens is 410 g/mol. The number of fused-ring (bicyclic) bond motifs is 1. The Bertz CT molecular complexity index is 1250. The molecule has 8 nitrogen and oxygen atoms in total. The average molecular weight is 433 g/mol. The molecule has 8 heteroatoms. The lowest BCUT2D eigenvalue weighted by molar-refractivity contribution is -0.120. The van der Waals surface area contributed by atoms with E-state index in [1.54, 1.807) is 62.6 Å². The lowest BCUT2D eigenvalue weighted by atomic mass is 10.1. The molecule has 1 aliphatic heterocycles. The number of anilines is 1. The molecule has 0 spiro atoms. The zero-order valence-electron chi connectivity index (χ0n) is 17.8. The van der Waals surface area contributed by atoms with Crippen molar-refractivity contribution in [3.63, 3.8) is 0 Å². The van der Waals surface area contributed by atoms with E-state index in [4.69, 9.17) is 9.47 Å². The molecule has 2 heterocycles. The molecule has 2 amide bonds. The minimum atomic E-state index is -0.494. The summed E-state index contributed by atoms with van der Waals surface area (Å²) in [5.41, 5.74) is 2.23. The van der Waals surface area contributed by atoms with E-state index in [2.05, 4.69) is 10.6 Å². The van der Waals surface area contributed by atoms with Crippen LogP contribution < -0.4 is 25.7 Å². The molecule has 0 fully saturated rings. The van der Waals surface area contributed by atoms with Crippen molar-refractivity contribution >= 4 is 17.5 Å². The maximum Gasteiger partial charge on any atom is 0.268 e. The van der Waals surface area contributed by atoms with Crippen LogP contribution in [0.3, 0.4) is 0 Å². The number of aromatic nitrogens is 1. The molecule has 0 saturated heterocycles. The standard InChI is InChI=1S/C24H23N3O5/c1-15-10-11-27(18-7-8-19-20(13-18)32-14-31-19)24(30)22(15)23(29)26-17-5-3-4-16(12-17)6-9-21(28)25-2/h3-5,7-8,10-13H,6,9,14H2,1-2H3,(H,25,28)(H,26,29). The van der Waals surface area contributed by atoms with Crippen LogP contribution in [0.4, 0.5) is 5.69 Å². The van der Waals surface area contributed by atoms with Gasteiger partial charge in [-0.3, -0.25) is 19.0 Å². The molecule has 0 saturated carbocycles. The normalized spacial score (nSPS) is 11.8. The van der Waals surface area contributed by atoms with Gasteiger partial charge in [-0.2, -0.15) is 0 Å². The number of nitrogens with zero attached hydrogens (tertiary/aromatic N) is 1. The number of pyridine rings is 1. The van der Waals surface area contributed by atoms with Crippen LogP contribution in [0.1, 0.15) is 27.9 Å². The topological polar surface area (TPSA) is 98.7 Å². The van der Waals surface area contributed by atoms with Crippen LogP contribution in [-0.2, 0) is 11.2 Å². The van der Waals surface area contributed by atoms with Crippen LogP contribution in [0.25, 0.3) is 5.69 Å². The van der Waals surface area contributed by atoms with Crippen LogP contribution in [0.15, 0.2) is 59.5 Å². The van der Waals surface area contributed by atoms with E-state index in [0.29, 0.717) is 41.3 Å². The second-order valence-electron chi connectivity index (χ2n) is 7.41. The SMILES string of the molecule is CNC(=O)CCc1cccc(NC(=O)c2c(C)ccn(-c3ccc4c(c3)OCO4)c2=O)c1. The highest BCUT2D eigenvalue weighted by molar-refractivity contribution is 6.05. The number of amides is 2. The van der Waals surface area contributed by atoms with Crippen molar-refractivity contribution < 1.29 is 19.1 Å². The van der Waals surface area contributed by atoms with Gasteiger partial charge in [0.05, 0.1) is 5.69 Å². The molecule has 0 aliphatic carbocycles. The Hall–Kier alpha value is -4.07. The zero-order chi connectivity index (χ0) is 22.7. The van der Waals surface area contributed by atoms with Gasteiger partial charge >= 0.3 is 0 Å². The summed E-state index contributed by atoms with van der Waals surface area (Å²) < 4.78 is 12.1. The highest BCUT2D eigenvalue weighted by Gasteiger charge is 2.19. The van der Waals surface area contributed by atoms with E-state index in [1.165, 1.54) is 4.57 Å². The monoisotopic (exact) mass is 433 g/mol. The summed E-state index contributed by atoms with van der Waals surface area (Å²) in [6.07, 6.45) is 2.53. The summed E-state index contributed by atoms with van der Waals surface area (Å²) in [5.74, 6) is 0.618. The summed E-state index contributed by atoms with van der Waals surface area (Å²) in [6.45, 7) is 1.86. The third-order valence-electron chi connectivity index (χ3n) is 5.27. The summed E-state index contributed by atoms with van der Waals surface area (Å²) in [7, 11) is 1.59. The molecule has 0 atom stereocenters. The third kappa shape index (κ3) is 4.34. The second-order valence-corrected chi connectivity index (χ2v) is 7.41. The molecule has 164 valence electrons. The van der Waals surface area contributed by atoms with Crippen molar-refractivity contribution in [1.82, 2.24) is 9.88 Å². The van der Waals surface area contributed by atoms with Gasteiger partial charge in [0.2, 0.25) is 12.7 Å². The van der Waals surface area contributed by atoms with Crippen molar-refractivity contribution in [2.45, 2.75) is 19.8 Å². The van der Waals surface area contributed by atoms with Gasteiger partial charge in [-0.1, -0.05) is 12.1 Å². The molecule has 1 aliphatic rings. The lowest BCUT2D eigenvalue weighted by Gasteiger charge is -2.12. The van der Waals surface area contributed by atoms with Crippen molar-refractivity contribution in [1.29, 1.82) is 0 Å². The van der Waals surface area contributed by atoms with E-state index in [0.717, 1.165) is 5.56 Å². The van der Waals surface area contributed by atoms with Gasteiger partial charge in [-0.15, -0.1) is 0 Å². The first kappa shape index (κ1) is 21.2. The lowest BCUT2D eigenvalue weighted by Crippen LogP contribution is -2.29. The van der Waals surface area contributed by atoms with Crippen molar-refractivity contribution in [2.24, 2.45) is 0 Å². The summed E-state index contributed by atoms with van der Waals surface area (Å²) >= 11 is 0. The highest BCUT2D eigenvalue weighted by atomic mass is 16.7. The molecule has 1 aromatic heterocycles. The van der Waals surface area contributed by atoms with E-state index in [9.17, 15) is 14.4 Å². The number of hydrogen-bond acceptors (Lipinski definition) is 5. The summed E-state index contributed by atoms with van der Waals surface area (Å²) in [6, 6.07) is 14.1. The summed E-state index contributed by atoms with van der Waals surface area (Å²) in [4.78, 5) is 37.7. The Morgan fingerprint density at radius 1 is 1.06 bits per heavy atom. The maximum atomic E-state index is 13.2. The van der Waals surface area contributed by atoms with E-state index < -0.39 is 11.5 Å². The van der Waals surface area contributed by atoms with Crippen molar-refractivity contribution in [2.75, 3.05) is 19.2 Å². The molecule has 32 heavy (non-hydrogen) atoms. The number of aryl methyl sites for hydroxylation is 2. The molecule has 4 rings (SSSR count). The van der Waals surface area contributed by atoms with Crippen molar-refractivity contribution in [3.8, 4) is 17.2 Å². The first-order chi connectivity index (χ1) is 15.5. The van der Waals surface area contributed by atoms with Gasteiger partial charge in [0.1, 0.15) is 5.56 Å². The minimum absolute atomic E-state index is 0.0524. The van der Waals surface area contributed by atoms with Gasteiger partial charge < -0.3 is 20.1 Å². The molecular formula is C24H23N3O5. The molecule has 0 unspecified atom stereocenters. The number of ether oxygens (including phenoxy) is 2. The predicted molar refractivity (Wildman–Crippen MR) is 120 cm³/mol. The van der Waals surface area contributed by atoms with Crippen LogP contribution >= 0.6 is 0 Å². The Balaban J connectivity index is 1.59. The van der Waals surface area contributed by atoms with Gasteiger partial charge in [0, 0.05) is 31.4 Å². The van der Waals surface area contributed by atoms with Crippen LogP contribution in [0.2, 0.25) is 0 Å². The zero-order valence-corrected chi connectivity index (χ0v) is 17.8. The molecule has 0 bridgehead atoms. The summed E-state index contributed by atoms with van der Waals surface area (Å²) in [5, 5.41) is 5.39. The molecule has 3 aromatic rings. The first-order valence-corrected chi connectivity index (χ1v) is 10.2. The smallest absolute Gasteiger partial charge is 0.268 e. The number of hydrogen-bond donors (Lipinski definition) is 2. The van der Waals surface area contributed by atoms with Crippen LogP contribution in [0.5, 0.6) is 11.5 Å². The van der Waals surface area contributed by atoms with Crippen molar-refractivity contribution in [3.05, 3.63) is 81.8 Å². The average Bonchev–Trinajstić information content (AvgIpc) is 3.25. The first-order valence-electron chi connectivity index (χ1n) is 10.2. The van der Waals surface area contributed by atoms with Crippen LogP contribution in [-0.4, -0.2) is 30.2 Å². The Morgan fingerprint density at radius 3 is 2.69 bits per heavy atom. The van der Waals surface area contributed by atoms with Crippen LogP contribution in [0, 0.1) is 6.92 Å². The fourth-order valence-electron chi connectivity index (χ4n) is 3.52. The second kappa shape index (κ2) is 8.97.